The molecule has 0 aromatic carbocycles. The SMILES string of the molecule is C=C(C)C(=O)NCCC(CCCC)C(C)C. The number of carbonyl (C=O) groups excluding carboxylic acids is 1. The van der Waals surface area contributed by atoms with Gasteiger partial charge in [-0.05, 0) is 25.2 Å². The van der Waals surface area contributed by atoms with Crippen molar-refractivity contribution in [3.8, 4) is 0 Å². The van der Waals surface area contributed by atoms with E-state index in [-0.39, 0.29) is 5.91 Å². The quantitative estimate of drug-likeness (QED) is 0.629. The van der Waals surface area contributed by atoms with E-state index in [9.17, 15) is 4.79 Å². The number of amides is 1. The highest BCUT2D eigenvalue weighted by Gasteiger charge is 2.12. The van der Waals surface area contributed by atoms with E-state index in [2.05, 4.69) is 32.7 Å². The fourth-order valence-electron chi connectivity index (χ4n) is 1.80. The van der Waals surface area contributed by atoms with Crippen molar-refractivity contribution in [2.24, 2.45) is 11.8 Å². The molecule has 0 aromatic rings. The summed E-state index contributed by atoms with van der Waals surface area (Å²) in [4.78, 5) is 11.3. The van der Waals surface area contributed by atoms with Crippen LogP contribution in [-0.4, -0.2) is 12.5 Å². The highest BCUT2D eigenvalue weighted by atomic mass is 16.1. The predicted octanol–water partition coefficient (Wildman–Crippen LogP) is 3.53. The van der Waals surface area contributed by atoms with Crippen molar-refractivity contribution in [2.75, 3.05) is 6.54 Å². The van der Waals surface area contributed by atoms with Crippen LogP contribution in [0.1, 0.15) is 53.4 Å². The lowest BCUT2D eigenvalue weighted by Crippen LogP contribution is -2.27. The molecule has 0 saturated carbocycles. The topological polar surface area (TPSA) is 29.1 Å². The lowest BCUT2D eigenvalue weighted by molar-refractivity contribution is -0.117. The third-order valence-electron chi connectivity index (χ3n) is 3.06. The second-order valence-corrected chi connectivity index (χ2v) is 4.97. The van der Waals surface area contributed by atoms with Gasteiger partial charge in [0.1, 0.15) is 0 Å². The number of rotatable bonds is 8. The molecule has 0 aliphatic rings. The van der Waals surface area contributed by atoms with Crippen molar-refractivity contribution >= 4 is 5.91 Å². The molecule has 0 aromatic heterocycles. The van der Waals surface area contributed by atoms with Crippen LogP contribution in [0.5, 0.6) is 0 Å². The maximum absolute atomic E-state index is 11.3. The first-order valence-corrected chi connectivity index (χ1v) is 6.42. The van der Waals surface area contributed by atoms with E-state index in [1.807, 2.05) is 0 Å². The average Bonchev–Trinajstić information content (AvgIpc) is 2.21. The van der Waals surface area contributed by atoms with Gasteiger partial charge in [-0.3, -0.25) is 4.79 Å². The minimum atomic E-state index is -0.0157. The fraction of sp³-hybridized carbons (Fsp3) is 0.786. The second-order valence-electron chi connectivity index (χ2n) is 4.97. The minimum Gasteiger partial charge on any atom is -0.352 e. The van der Waals surface area contributed by atoms with Crippen molar-refractivity contribution in [1.29, 1.82) is 0 Å². The molecule has 2 heteroatoms. The third-order valence-corrected chi connectivity index (χ3v) is 3.06. The zero-order chi connectivity index (χ0) is 12.6. The largest absolute Gasteiger partial charge is 0.352 e. The first kappa shape index (κ1) is 15.2. The van der Waals surface area contributed by atoms with E-state index in [1.54, 1.807) is 6.92 Å². The van der Waals surface area contributed by atoms with Crippen molar-refractivity contribution in [3.63, 3.8) is 0 Å². The number of hydrogen-bond donors (Lipinski definition) is 1. The summed E-state index contributed by atoms with van der Waals surface area (Å²) in [6.07, 6.45) is 4.90. The van der Waals surface area contributed by atoms with Crippen molar-refractivity contribution in [3.05, 3.63) is 12.2 Å². The minimum absolute atomic E-state index is 0.0157. The van der Waals surface area contributed by atoms with Gasteiger partial charge in [0.25, 0.3) is 0 Å². The number of nitrogens with one attached hydrogen (secondary N) is 1. The molecule has 1 atom stereocenters. The van der Waals surface area contributed by atoms with Crippen LogP contribution in [0, 0.1) is 11.8 Å². The molecule has 0 saturated heterocycles. The van der Waals surface area contributed by atoms with Gasteiger partial charge in [0, 0.05) is 12.1 Å². The fourth-order valence-corrected chi connectivity index (χ4v) is 1.80. The molecular weight excluding hydrogens is 198 g/mol. The van der Waals surface area contributed by atoms with E-state index >= 15 is 0 Å². The number of unbranched alkanes of at least 4 members (excludes halogenated alkanes) is 1. The van der Waals surface area contributed by atoms with Gasteiger partial charge in [-0.25, -0.2) is 0 Å². The molecule has 16 heavy (non-hydrogen) atoms. The summed E-state index contributed by atoms with van der Waals surface area (Å²) in [5.41, 5.74) is 0.592. The van der Waals surface area contributed by atoms with Gasteiger partial charge in [0.05, 0.1) is 0 Å². The van der Waals surface area contributed by atoms with Gasteiger partial charge in [-0.2, -0.15) is 0 Å². The molecule has 0 spiro atoms. The Kier molecular flexibility index (Phi) is 7.96. The Labute approximate surface area is 101 Å². The van der Waals surface area contributed by atoms with Crippen LogP contribution in [0.15, 0.2) is 12.2 Å². The van der Waals surface area contributed by atoms with Gasteiger partial charge in [-0.15, -0.1) is 0 Å². The van der Waals surface area contributed by atoms with Crippen molar-refractivity contribution < 1.29 is 4.79 Å². The second kappa shape index (κ2) is 8.37. The molecule has 0 aliphatic heterocycles. The molecule has 0 aliphatic carbocycles. The molecule has 94 valence electrons. The Balaban J connectivity index is 3.84. The number of carbonyl (C=O) groups is 1. The smallest absolute Gasteiger partial charge is 0.246 e. The van der Waals surface area contributed by atoms with Crippen molar-refractivity contribution in [2.45, 2.75) is 53.4 Å². The van der Waals surface area contributed by atoms with Gasteiger partial charge in [0.15, 0.2) is 0 Å². The first-order chi connectivity index (χ1) is 7.49. The first-order valence-electron chi connectivity index (χ1n) is 6.42. The highest BCUT2D eigenvalue weighted by molar-refractivity contribution is 5.91. The molecule has 1 amide bonds. The third kappa shape index (κ3) is 6.65. The summed E-state index contributed by atoms with van der Waals surface area (Å²) in [5.74, 6) is 1.41. The maximum atomic E-state index is 11.3. The summed E-state index contributed by atoms with van der Waals surface area (Å²) in [6.45, 7) is 12.9. The lowest BCUT2D eigenvalue weighted by Gasteiger charge is -2.20. The van der Waals surface area contributed by atoms with E-state index in [0.717, 1.165) is 18.9 Å². The standard InChI is InChI=1S/C14H27NO/c1-6-7-8-13(11(2)3)9-10-15-14(16)12(4)5/h11,13H,4,6-10H2,1-3,5H3,(H,15,16). The van der Waals surface area contributed by atoms with Crippen LogP contribution in [0.25, 0.3) is 0 Å². The van der Waals surface area contributed by atoms with Crippen LogP contribution in [0.4, 0.5) is 0 Å². The molecule has 0 heterocycles. The van der Waals surface area contributed by atoms with Crippen LogP contribution in [0.3, 0.4) is 0 Å². The Hall–Kier alpha value is -0.790. The van der Waals surface area contributed by atoms with Crippen LogP contribution in [0.2, 0.25) is 0 Å². The Morgan fingerprint density at radius 2 is 1.94 bits per heavy atom. The van der Waals surface area contributed by atoms with Gasteiger partial charge < -0.3 is 5.32 Å². The molecule has 0 fully saturated rings. The Bertz CT molecular complexity index is 221. The van der Waals surface area contributed by atoms with Gasteiger partial charge >= 0.3 is 0 Å². The summed E-state index contributed by atoms with van der Waals surface area (Å²) in [5, 5.41) is 2.91. The molecule has 0 radical (unpaired) electrons. The molecular formula is C14H27NO. The lowest BCUT2D eigenvalue weighted by atomic mass is 9.88. The van der Waals surface area contributed by atoms with Crippen LogP contribution in [-0.2, 0) is 4.79 Å². The number of hydrogen-bond acceptors (Lipinski definition) is 1. The molecule has 1 N–H and O–H groups in total. The van der Waals surface area contributed by atoms with Gasteiger partial charge in [-0.1, -0.05) is 46.6 Å². The molecule has 1 unspecified atom stereocenters. The van der Waals surface area contributed by atoms with Crippen LogP contribution < -0.4 is 5.32 Å². The van der Waals surface area contributed by atoms with E-state index in [1.165, 1.54) is 19.3 Å². The van der Waals surface area contributed by atoms with Crippen LogP contribution >= 0.6 is 0 Å². The summed E-state index contributed by atoms with van der Waals surface area (Å²) in [7, 11) is 0. The normalized spacial score (nSPS) is 12.6. The zero-order valence-electron chi connectivity index (χ0n) is 11.3. The van der Waals surface area contributed by atoms with E-state index in [4.69, 9.17) is 0 Å². The highest BCUT2D eigenvalue weighted by Crippen LogP contribution is 2.21. The summed E-state index contributed by atoms with van der Waals surface area (Å²) >= 11 is 0. The summed E-state index contributed by atoms with van der Waals surface area (Å²) < 4.78 is 0. The van der Waals surface area contributed by atoms with Gasteiger partial charge in [0.2, 0.25) is 5.91 Å². The Morgan fingerprint density at radius 3 is 2.38 bits per heavy atom. The van der Waals surface area contributed by atoms with E-state index in [0.29, 0.717) is 11.5 Å². The van der Waals surface area contributed by atoms with Crippen molar-refractivity contribution in [1.82, 2.24) is 5.32 Å². The summed E-state index contributed by atoms with van der Waals surface area (Å²) in [6, 6.07) is 0. The average molecular weight is 225 g/mol. The molecule has 0 bridgehead atoms. The zero-order valence-corrected chi connectivity index (χ0v) is 11.3. The predicted molar refractivity (Wildman–Crippen MR) is 70.3 cm³/mol. The molecule has 0 rings (SSSR count). The Morgan fingerprint density at radius 1 is 1.31 bits per heavy atom. The van der Waals surface area contributed by atoms with E-state index < -0.39 is 0 Å². The monoisotopic (exact) mass is 225 g/mol. The maximum Gasteiger partial charge on any atom is 0.246 e. The molecule has 2 nitrogen and oxygen atoms in total.